The summed E-state index contributed by atoms with van der Waals surface area (Å²) in [4.78, 5) is 4.18. The van der Waals surface area contributed by atoms with Gasteiger partial charge in [0.25, 0.3) is 0 Å². The molecule has 3 nitrogen and oxygen atoms in total. The van der Waals surface area contributed by atoms with Crippen molar-refractivity contribution in [2.45, 2.75) is 26.4 Å². The van der Waals surface area contributed by atoms with E-state index in [-0.39, 0.29) is 6.61 Å². The van der Waals surface area contributed by atoms with Gasteiger partial charge in [-0.2, -0.15) is 0 Å². The SMILES string of the molecule is CCCc1ncc(CO)n1C. The maximum Gasteiger partial charge on any atom is 0.108 e. The van der Waals surface area contributed by atoms with Crippen molar-refractivity contribution in [3.05, 3.63) is 17.7 Å². The van der Waals surface area contributed by atoms with Crippen LogP contribution >= 0.6 is 0 Å². The number of hydrogen-bond donors (Lipinski definition) is 1. The molecule has 62 valence electrons. The highest BCUT2D eigenvalue weighted by atomic mass is 16.3. The summed E-state index contributed by atoms with van der Waals surface area (Å²) >= 11 is 0. The third-order valence-electron chi connectivity index (χ3n) is 1.82. The van der Waals surface area contributed by atoms with Crippen molar-refractivity contribution in [1.82, 2.24) is 9.55 Å². The Morgan fingerprint density at radius 1 is 1.64 bits per heavy atom. The first-order chi connectivity index (χ1) is 5.29. The van der Waals surface area contributed by atoms with Crippen LogP contribution in [0.4, 0.5) is 0 Å². The lowest BCUT2D eigenvalue weighted by Crippen LogP contribution is -2.01. The van der Waals surface area contributed by atoms with E-state index in [1.165, 1.54) is 0 Å². The molecule has 0 atom stereocenters. The Bertz CT molecular complexity index is 230. The van der Waals surface area contributed by atoms with Crippen LogP contribution in [0.2, 0.25) is 0 Å². The van der Waals surface area contributed by atoms with Crippen LogP contribution in [0.15, 0.2) is 6.20 Å². The summed E-state index contributed by atoms with van der Waals surface area (Å²) in [6, 6.07) is 0. The highest BCUT2D eigenvalue weighted by molar-refractivity contribution is 5.03. The minimum Gasteiger partial charge on any atom is -0.390 e. The molecule has 0 radical (unpaired) electrons. The molecular formula is C8H14N2O. The summed E-state index contributed by atoms with van der Waals surface area (Å²) in [5, 5.41) is 8.84. The standard InChI is InChI=1S/C8H14N2O/c1-3-4-8-9-5-7(6-11)10(8)2/h5,11H,3-4,6H2,1-2H3. The van der Waals surface area contributed by atoms with Crippen molar-refractivity contribution in [2.75, 3.05) is 0 Å². The molecule has 1 aromatic rings. The van der Waals surface area contributed by atoms with E-state index in [2.05, 4.69) is 11.9 Å². The first-order valence-electron chi connectivity index (χ1n) is 3.90. The fraction of sp³-hybridized carbons (Fsp3) is 0.625. The molecule has 0 aliphatic carbocycles. The molecule has 0 aromatic carbocycles. The van der Waals surface area contributed by atoms with E-state index in [1.807, 2.05) is 11.6 Å². The van der Waals surface area contributed by atoms with Gasteiger partial charge in [0, 0.05) is 13.5 Å². The van der Waals surface area contributed by atoms with Crippen LogP contribution in [0.25, 0.3) is 0 Å². The molecule has 0 bridgehead atoms. The van der Waals surface area contributed by atoms with Gasteiger partial charge >= 0.3 is 0 Å². The molecule has 1 heterocycles. The number of imidazole rings is 1. The van der Waals surface area contributed by atoms with Gasteiger partial charge in [0.05, 0.1) is 18.5 Å². The number of aryl methyl sites for hydroxylation is 1. The molecule has 1 N–H and O–H groups in total. The predicted octanol–water partition coefficient (Wildman–Crippen LogP) is 0.865. The Labute approximate surface area is 66.7 Å². The number of nitrogens with zero attached hydrogens (tertiary/aromatic N) is 2. The van der Waals surface area contributed by atoms with E-state index in [4.69, 9.17) is 5.11 Å². The van der Waals surface area contributed by atoms with E-state index >= 15 is 0 Å². The van der Waals surface area contributed by atoms with Crippen LogP contribution in [-0.2, 0) is 20.1 Å². The van der Waals surface area contributed by atoms with Gasteiger partial charge in [-0.1, -0.05) is 6.92 Å². The van der Waals surface area contributed by atoms with Crippen LogP contribution < -0.4 is 0 Å². The first-order valence-corrected chi connectivity index (χ1v) is 3.90. The molecule has 11 heavy (non-hydrogen) atoms. The largest absolute Gasteiger partial charge is 0.390 e. The van der Waals surface area contributed by atoms with Crippen molar-refractivity contribution in [3.63, 3.8) is 0 Å². The molecule has 0 aliphatic heterocycles. The van der Waals surface area contributed by atoms with E-state index in [0.29, 0.717) is 0 Å². The Balaban J connectivity index is 2.82. The molecule has 0 fully saturated rings. The minimum absolute atomic E-state index is 0.0766. The van der Waals surface area contributed by atoms with Crippen LogP contribution in [0.5, 0.6) is 0 Å². The monoisotopic (exact) mass is 154 g/mol. The maximum atomic E-state index is 8.84. The van der Waals surface area contributed by atoms with E-state index in [1.54, 1.807) is 6.20 Å². The van der Waals surface area contributed by atoms with Crippen molar-refractivity contribution < 1.29 is 5.11 Å². The molecular weight excluding hydrogens is 140 g/mol. The van der Waals surface area contributed by atoms with Crippen LogP contribution in [0.1, 0.15) is 24.9 Å². The van der Waals surface area contributed by atoms with Gasteiger partial charge in [-0.3, -0.25) is 0 Å². The average molecular weight is 154 g/mol. The Morgan fingerprint density at radius 3 is 2.82 bits per heavy atom. The highest BCUT2D eigenvalue weighted by Crippen LogP contribution is 2.04. The number of aromatic nitrogens is 2. The number of hydrogen-bond acceptors (Lipinski definition) is 2. The molecule has 0 spiro atoms. The number of aliphatic hydroxyl groups excluding tert-OH is 1. The number of rotatable bonds is 3. The van der Waals surface area contributed by atoms with Crippen molar-refractivity contribution in [1.29, 1.82) is 0 Å². The summed E-state index contributed by atoms with van der Waals surface area (Å²) in [7, 11) is 1.93. The normalized spacial score (nSPS) is 10.5. The van der Waals surface area contributed by atoms with Gasteiger partial charge in [0.15, 0.2) is 0 Å². The second kappa shape index (κ2) is 3.53. The predicted molar refractivity (Wildman–Crippen MR) is 43.1 cm³/mol. The Kier molecular flexibility index (Phi) is 2.65. The van der Waals surface area contributed by atoms with Crippen LogP contribution in [0.3, 0.4) is 0 Å². The average Bonchev–Trinajstić information content (AvgIpc) is 2.34. The van der Waals surface area contributed by atoms with Gasteiger partial charge in [-0.25, -0.2) is 4.98 Å². The molecule has 0 saturated heterocycles. The zero-order valence-corrected chi connectivity index (χ0v) is 7.04. The smallest absolute Gasteiger partial charge is 0.108 e. The molecule has 0 unspecified atom stereocenters. The first kappa shape index (κ1) is 8.27. The molecule has 3 heteroatoms. The lowest BCUT2D eigenvalue weighted by atomic mass is 10.3. The van der Waals surface area contributed by atoms with Gasteiger partial charge in [-0.05, 0) is 6.42 Å². The zero-order valence-electron chi connectivity index (χ0n) is 7.04. The van der Waals surface area contributed by atoms with Gasteiger partial charge < -0.3 is 9.67 Å². The second-order valence-electron chi connectivity index (χ2n) is 2.63. The van der Waals surface area contributed by atoms with Crippen molar-refractivity contribution in [3.8, 4) is 0 Å². The van der Waals surface area contributed by atoms with E-state index in [0.717, 1.165) is 24.4 Å². The highest BCUT2D eigenvalue weighted by Gasteiger charge is 2.02. The van der Waals surface area contributed by atoms with Gasteiger partial charge in [-0.15, -0.1) is 0 Å². The van der Waals surface area contributed by atoms with Crippen LogP contribution in [0, 0.1) is 0 Å². The number of aliphatic hydroxyl groups is 1. The maximum absolute atomic E-state index is 8.84. The molecule has 0 aliphatic rings. The second-order valence-corrected chi connectivity index (χ2v) is 2.63. The molecule has 0 saturated carbocycles. The summed E-state index contributed by atoms with van der Waals surface area (Å²) in [5.41, 5.74) is 0.883. The Hall–Kier alpha value is -0.830. The fourth-order valence-corrected chi connectivity index (χ4v) is 1.09. The zero-order chi connectivity index (χ0) is 8.27. The summed E-state index contributed by atoms with van der Waals surface area (Å²) in [6.07, 6.45) is 3.80. The summed E-state index contributed by atoms with van der Waals surface area (Å²) < 4.78 is 1.95. The summed E-state index contributed by atoms with van der Waals surface area (Å²) in [5.74, 6) is 1.05. The minimum atomic E-state index is 0.0766. The summed E-state index contributed by atoms with van der Waals surface area (Å²) in [6.45, 7) is 2.19. The van der Waals surface area contributed by atoms with Crippen LogP contribution in [-0.4, -0.2) is 14.7 Å². The molecule has 1 aromatic heterocycles. The van der Waals surface area contributed by atoms with Gasteiger partial charge in [0.2, 0.25) is 0 Å². The fourth-order valence-electron chi connectivity index (χ4n) is 1.09. The van der Waals surface area contributed by atoms with E-state index < -0.39 is 0 Å². The third kappa shape index (κ3) is 1.60. The Morgan fingerprint density at radius 2 is 2.36 bits per heavy atom. The quantitative estimate of drug-likeness (QED) is 0.701. The lowest BCUT2D eigenvalue weighted by Gasteiger charge is -2.01. The third-order valence-corrected chi connectivity index (χ3v) is 1.82. The van der Waals surface area contributed by atoms with E-state index in [9.17, 15) is 0 Å². The van der Waals surface area contributed by atoms with Crippen molar-refractivity contribution >= 4 is 0 Å². The molecule has 1 rings (SSSR count). The topological polar surface area (TPSA) is 38.1 Å². The van der Waals surface area contributed by atoms with Crippen molar-refractivity contribution in [2.24, 2.45) is 7.05 Å². The lowest BCUT2D eigenvalue weighted by molar-refractivity contribution is 0.272. The van der Waals surface area contributed by atoms with Gasteiger partial charge in [0.1, 0.15) is 5.82 Å². The molecule has 0 amide bonds.